The molecule has 0 amide bonds. The molecule has 4 nitrogen and oxygen atoms in total. The minimum absolute atomic E-state index is 0.0399. The molecule has 2 atom stereocenters. The van der Waals surface area contributed by atoms with Crippen molar-refractivity contribution >= 4 is 0 Å². The molecule has 92 valence electrons. The summed E-state index contributed by atoms with van der Waals surface area (Å²) in [4.78, 5) is 0. The summed E-state index contributed by atoms with van der Waals surface area (Å²) in [6.07, 6.45) is 1.73. The van der Waals surface area contributed by atoms with Crippen LogP contribution in [0.5, 0.6) is 0 Å². The van der Waals surface area contributed by atoms with Gasteiger partial charge in [0.05, 0.1) is 25.2 Å². The van der Waals surface area contributed by atoms with Gasteiger partial charge in [0.15, 0.2) is 0 Å². The Labute approximate surface area is 95.5 Å². The van der Waals surface area contributed by atoms with Crippen LogP contribution in [0.3, 0.4) is 0 Å². The maximum absolute atomic E-state index is 10.1. The van der Waals surface area contributed by atoms with Gasteiger partial charge in [-0.25, -0.2) is 0 Å². The summed E-state index contributed by atoms with van der Waals surface area (Å²) in [7, 11) is 0. The molecule has 1 rings (SSSR count). The average molecular weight is 228 g/mol. The highest BCUT2D eigenvalue weighted by Gasteiger charge is 2.49. The Kier molecular flexibility index (Phi) is 3.47. The molecule has 2 unspecified atom stereocenters. The summed E-state index contributed by atoms with van der Waals surface area (Å²) in [5.41, 5.74) is -0.515. The van der Waals surface area contributed by atoms with Gasteiger partial charge in [0.1, 0.15) is 5.76 Å². The second-order valence-electron chi connectivity index (χ2n) is 4.87. The molecule has 4 N–H and O–H groups in total. The van der Waals surface area contributed by atoms with E-state index >= 15 is 0 Å². The summed E-state index contributed by atoms with van der Waals surface area (Å²) in [5, 5.41) is 38.2. The predicted octanol–water partition coefficient (Wildman–Crippen LogP) is 0.748. The van der Waals surface area contributed by atoms with E-state index in [9.17, 15) is 20.4 Å². The maximum atomic E-state index is 10.1. The second kappa shape index (κ2) is 4.20. The summed E-state index contributed by atoms with van der Waals surface area (Å²) < 4.78 is 0. The molecule has 0 heterocycles. The Morgan fingerprint density at radius 1 is 1.12 bits per heavy atom. The third-order valence-corrected chi connectivity index (χ3v) is 3.93. The highest BCUT2D eigenvalue weighted by Crippen LogP contribution is 2.50. The van der Waals surface area contributed by atoms with Crippen LogP contribution in [-0.4, -0.2) is 40.2 Å². The Hall–Kier alpha value is -0.840. The molecule has 0 spiro atoms. The molecule has 0 saturated heterocycles. The van der Waals surface area contributed by atoms with Crippen LogP contribution in [0.25, 0.3) is 0 Å². The summed E-state index contributed by atoms with van der Waals surface area (Å²) in [6, 6.07) is 0. The van der Waals surface area contributed by atoms with E-state index in [1.165, 1.54) is 0 Å². The Balaban J connectivity index is 3.38. The monoisotopic (exact) mass is 228 g/mol. The van der Waals surface area contributed by atoms with E-state index in [2.05, 4.69) is 0 Å². The molecule has 0 saturated carbocycles. The average Bonchev–Trinajstić information content (AvgIpc) is 2.31. The van der Waals surface area contributed by atoms with Crippen molar-refractivity contribution in [1.29, 1.82) is 0 Å². The number of aliphatic hydroxyl groups excluding tert-OH is 4. The van der Waals surface area contributed by atoms with Crippen LogP contribution in [0.4, 0.5) is 0 Å². The molecule has 16 heavy (non-hydrogen) atoms. The van der Waals surface area contributed by atoms with E-state index in [0.717, 1.165) is 0 Å². The van der Waals surface area contributed by atoms with Gasteiger partial charge >= 0.3 is 0 Å². The number of aliphatic hydroxyl groups is 4. The van der Waals surface area contributed by atoms with Crippen LogP contribution in [-0.2, 0) is 0 Å². The lowest BCUT2D eigenvalue weighted by Gasteiger charge is -2.46. The smallest absolute Gasteiger partial charge is 0.105 e. The normalized spacial score (nSPS) is 35.2. The van der Waals surface area contributed by atoms with Crippen molar-refractivity contribution < 1.29 is 20.4 Å². The van der Waals surface area contributed by atoms with Gasteiger partial charge in [0.2, 0.25) is 0 Å². The fourth-order valence-corrected chi connectivity index (χ4v) is 2.13. The molecule has 1 aliphatic carbocycles. The summed E-state index contributed by atoms with van der Waals surface area (Å²) in [5.74, 6) is 0.0399. The zero-order valence-corrected chi connectivity index (χ0v) is 9.99. The first-order chi connectivity index (χ1) is 7.36. The molecule has 0 fully saturated rings. The van der Waals surface area contributed by atoms with Gasteiger partial charge in [-0.2, -0.15) is 0 Å². The Bertz CT molecular complexity index is 345. The van der Waals surface area contributed by atoms with Crippen molar-refractivity contribution in [3.05, 3.63) is 23.0 Å². The van der Waals surface area contributed by atoms with Crippen molar-refractivity contribution in [2.45, 2.75) is 20.8 Å². The van der Waals surface area contributed by atoms with Crippen LogP contribution >= 0.6 is 0 Å². The first kappa shape index (κ1) is 13.2. The van der Waals surface area contributed by atoms with Crippen LogP contribution in [0.15, 0.2) is 23.0 Å². The largest absolute Gasteiger partial charge is 0.511 e. The van der Waals surface area contributed by atoms with E-state index in [-0.39, 0.29) is 25.6 Å². The minimum Gasteiger partial charge on any atom is -0.511 e. The summed E-state index contributed by atoms with van der Waals surface area (Å²) in [6.45, 7) is 4.50. The second-order valence-corrected chi connectivity index (χ2v) is 4.87. The third-order valence-electron chi connectivity index (χ3n) is 3.93. The Morgan fingerprint density at radius 3 is 2.06 bits per heavy atom. The van der Waals surface area contributed by atoms with Crippen LogP contribution in [0, 0.1) is 10.8 Å². The standard InChI is InChI=1S/C12H20O4/c1-8-9(5-13)4-11(2,6-14)12(3,7-15)10(8)16/h4,13-16H,5-7H2,1-3H3. The first-order valence-electron chi connectivity index (χ1n) is 5.31. The number of rotatable bonds is 3. The summed E-state index contributed by atoms with van der Waals surface area (Å²) >= 11 is 0. The maximum Gasteiger partial charge on any atom is 0.105 e. The lowest BCUT2D eigenvalue weighted by molar-refractivity contribution is -0.00506. The molecule has 4 heteroatoms. The Morgan fingerprint density at radius 2 is 1.69 bits per heavy atom. The number of hydrogen-bond donors (Lipinski definition) is 4. The van der Waals surface area contributed by atoms with Crippen molar-refractivity contribution in [1.82, 2.24) is 0 Å². The van der Waals surface area contributed by atoms with Crippen molar-refractivity contribution in [2.24, 2.45) is 10.8 Å². The van der Waals surface area contributed by atoms with Crippen molar-refractivity contribution in [3.8, 4) is 0 Å². The van der Waals surface area contributed by atoms with E-state index in [1.807, 2.05) is 0 Å². The third kappa shape index (κ3) is 1.57. The van der Waals surface area contributed by atoms with Crippen molar-refractivity contribution in [2.75, 3.05) is 19.8 Å². The van der Waals surface area contributed by atoms with E-state index < -0.39 is 10.8 Å². The molecule has 1 aliphatic rings. The minimum atomic E-state index is -0.912. The molecule has 0 aromatic carbocycles. The fourth-order valence-electron chi connectivity index (χ4n) is 2.13. The molecular weight excluding hydrogens is 208 g/mol. The van der Waals surface area contributed by atoms with E-state index in [4.69, 9.17) is 0 Å². The van der Waals surface area contributed by atoms with Gasteiger partial charge in [0.25, 0.3) is 0 Å². The van der Waals surface area contributed by atoms with Gasteiger partial charge in [0, 0.05) is 5.41 Å². The van der Waals surface area contributed by atoms with Crippen LogP contribution in [0.2, 0.25) is 0 Å². The predicted molar refractivity (Wildman–Crippen MR) is 60.9 cm³/mol. The lowest BCUT2D eigenvalue weighted by Crippen LogP contribution is -2.46. The van der Waals surface area contributed by atoms with E-state index in [0.29, 0.717) is 11.1 Å². The van der Waals surface area contributed by atoms with Gasteiger partial charge < -0.3 is 20.4 Å². The highest BCUT2D eigenvalue weighted by atomic mass is 16.3. The first-order valence-corrected chi connectivity index (χ1v) is 5.31. The molecule has 0 bridgehead atoms. The molecule has 0 aliphatic heterocycles. The molecule has 0 radical (unpaired) electrons. The zero-order valence-electron chi connectivity index (χ0n) is 9.99. The fraction of sp³-hybridized carbons (Fsp3) is 0.667. The molecule has 0 aromatic rings. The molecular formula is C12H20O4. The van der Waals surface area contributed by atoms with Gasteiger partial charge in [-0.05, 0) is 25.0 Å². The van der Waals surface area contributed by atoms with Crippen molar-refractivity contribution in [3.63, 3.8) is 0 Å². The molecule has 0 aromatic heterocycles. The topological polar surface area (TPSA) is 80.9 Å². The lowest BCUT2D eigenvalue weighted by atomic mass is 9.60. The van der Waals surface area contributed by atoms with E-state index in [1.54, 1.807) is 26.8 Å². The van der Waals surface area contributed by atoms with Crippen LogP contribution < -0.4 is 0 Å². The SMILES string of the molecule is CC1=C(O)C(C)(CO)C(C)(CO)C=C1CO. The van der Waals surface area contributed by atoms with Crippen LogP contribution in [0.1, 0.15) is 20.8 Å². The quantitative estimate of drug-likeness (QED) is 0.574. The van der Waals surface area contributed by atoms with Gasteiger partial charge in [-0.15, -0.1) is 0 Å². The van der Waals surface area contributed by atoms with Gasteiger partial charge in [-0.1, -0.05) is 13.0 Å². The zero-order chi connectivity index (χ0) is 12.6. The number of hydrogen-bond acceptors (Lipinski definition) is 4. The highest BCUT2D eigenvalue weighted by molar-refractivity contribution is 5.42. The van der Waals surface area contributed by atoms with Gasteiger partial charge in [-0.3, -0.25) is 0 Å².